The van der Waals surface area contributed by atoms with E-state index in [9.17, 15) is 0 Å². The van der Waals surface area contributed by atoms with Crippen molar-refractivity contribution in [3.05, 3.63) is 12.4 Å². The topological polar surface area (TPSA) is 53.5 Å². The first-order valence-corrected chi connectivity index (χ1v) is 7.86. The van der Waals surface area contributed by atoms with Gasteiger partial charge in [0, 0.05) is 45.3 Å². The Morgan fingerprint density at radius 1 is 1.29 bits per heavy atom. The molecule has 0 saturated carbocycles. The first kappa shape index (κ1) is 14.5. The SMILES string of the molecule is CC(C)COc1cncc(NCC2CN3CCN2CC3)n1. The van der Waals surface area contributed by atoms with Crippen LogP contribution in [0.15, 0.2) is 12.4 Å². The number of nitrogens with one attached hydrogen (secondary N) is 1. The largest absolute Gasteiger partial charge is 0.476 e. The van der Waals surface area contributed by atoms with E-state index in [4.69, 9.17) is 4.74 Å². The maximum Gasteiger partial charge on any atom is 0.234 e. The van der Waals surface area contributed by atoms with E-state index < -0.39 is 0 Å². The molecule has 0 amide bonds. The molecular formula is C15H25N5O. The molecule has 21 heavy (non-hydrogen) atoms. The number of fused-ring (bicyclic) bond motifs is 3. The smallest absolute Gasteiger partial charge is 0.234 e. The summed E-state index contributed by atoms with van der Waals surface area (Å²) in [5.74, 6) is 1.89. The zero-order valence-electron chi connectivity index (χ0n) is 13.0. The Balaban J connectivity index is 1.52. The van der Waals surface area contributed by atoms with Crippen LogP contribution in [0.2, 0.25) is 0 Å². The zero-order chi connectivity index (χ0) is 14.7. The maximum atomic E-state index is 5.62. The summed E-state index contributed by atoms with van der Waals surface area (Å²) in [5.41, 5.74) is 0. The van der Waals surface area contributed by atoms with E-state index >= 15 is 0 Å². The van der Waals surface area contributed by atoms with Crippen LogP contribution >= 0.6 is 0 Å². The fraction of sp³-hybridized carbons (Fsp3) is 0.733. The van der Waals surface area contributed by atoms with Gasteiger partial charge in [-0.3, -0.25) is 14.8 Å². The lowest BCUT2D eigenvalue weighted by Crippen LogP contribution is -2.62. The standard InChI is InChI=1S/C15H25N5O/c1-12(2)11-21-15-9-16-8-14(18-15)17-7-13-10-19-3-5-20(13)6-4-19/h8-9,12-13H,3-7,10-11H2,1-2H3,(H,17,18). The highest BCUT2D eigenvalue weighted by molar-refractivity contribution is 5.33. The Morgan fingerprint density at radius 2 is 2.10 bits per heavy atom. The fourth-order valence-electron chi connectivity index (χ4n) is 2.90. The highest BCUT2D eigenvalue weighted by atomic mass is 16.5. The van der Waals surface area contributed by atoms with E-state index in [1.54, 1.807) is 12.4 Å². The minimum absolute atomic E-state index is 0.489. The second-order valence-electron chi connectivity index (χ2n) is 6.32. The van der Waals surface area contributed by atoms with Gasteiger partial charge in [-0.25, -0.2) is 0 Å². The lowest BCUT2D eigenvalue weighted by Gasteiger charge is -2.47. The first-order valence-electron chi connectivity index (χ1n) is 7.86. The molecule has 3 saturated heterocycles. The van der Waals surface area contributed by atoms with Gasteiger partial charge in [0.2, 0.25) is 5.88 Å². The molecule has 4 heterocycles. The van der Waals surface area contributed by atoms with Crippen molar-refractivity contribution in [1.82, 2.24) is 19.8 Å². The number of ether oxygens (including phenoxy) is 1. The molecule has 6 nitrogen and oxygen atoms in total. The third-order valence-corrected chi connectivity index (χ3v) is 4.09. The quantitative estimate of drug-likeness (QED) is 0.841. The second kappa shape index (κ2) is 6.58. The van der Waals surface area contributed by atoms with Gasteiger partial charge in [-0.1, -0.05) is 13.8 Å². The number of piperazine rings is 3. The van der Waals surface area contributed by atoms with Gasteiger partial charge in [-0.15, -0.1) is 0 Å². The molecular weight excluding hydrogens is 266 g/mol. The summed E-state index contributed by atoms with van der Waals surface area (Å²) in [6, 6.07) is 0.578. The molecule has 0 aliphatic carbocycles. The lowest BCUT2D eigenvalue weighted by atomic mass is 10.1. The molecule has 0 radical (unpaired) electrons. The van der Waals surface area contributed by atoms with Crippen LogP contribution in [-0.2, 0) is 0 Å². The van der Waals surface area contributed by atoms with Gasteiger partial charge in [0.15, 0.2) is 0 Å². The molecule has 0 spiro atoms. The molecule has 1 aromatic rings. The van der Waals surface area contributed by atoms with E-state index in [2.05, 4.69) is 38.9 Å². The minimum atomic E-state index is 0.489. The molecule has 0 aromatic carbocycles. The highest BCUT2D eigenvalue weighted by Gasteiger charge is 2.31. The lowest BCUT2D eigenvalue weighted by molar-refractivity contribution is 0.0189. The summed E-state index contributed by atoms with van der Waals surface area (Å²) in [7, 11) is 0. The van der Waals surface area contributed by atoms with E-state index in [1.165, 1.54) is 26.2 Å². The number of hydrogen-bond acceptors (Lipinski definition) is 6. The van der Waals surface area contributed by atoms with E-state index in [0.29, 0.717) is 24.4 Å². The van der Waals surface area contributed by atoms with Crippen LogP contribution < -0.4 is 10.1 Å². The Bertz CT molecular complexity index is 459. The molecule has 3 aliphatic rings. The average molecular weight is 291 g/mol. The number of nitrogens with zero attached hydrogens (tertiary/aromatic N) is 4. The minimum Gasteiger partial charge on any atom is -0.476 e. The van der Waals surface area contributed by atoms with Crippen molar-refractivity contribution in [3.8, 4) is 5.88 Å². The summed E-state index contributed by atoms with van der Waals surface area (Å²) < 4.78 is 5.62. The Kier molecular flexibility index (Phi) is 4.55. The molecule has 4 rings (SSSR count). The van der Waals surface area contributed by atoms with Crippen molar-refractivity contribution < 1.29 is 4.74 Å². The molecule has 3 fully saturated rings. The number of anilines is 1. The fourth-order valence-corrected chi connectivity index (χ4v) is 2.90. The molecule has 116 valence electrons. The summed E-state index contributed by atoms with van der Waals surface area (Å²) in [6.07, 6.45) is 3.43. The third-order valence-electron chi connectivity index (χ3n) is 4.09. The Labute approximate surface area is 126 Å². The third kappa shape index (κ3) is 3.83. The van der Waals surface area contributed by atoms with Crippen molar-refractivity contribution >= 4 is 5.82 Å². The van der Waals surface area contributed by atoms with Crippen molar-refractivity contribution in [1.29, 1.82) is 0 Å². The van der Waals surface area contributed by atoms with Crippen molar-refractivity contribution in [2.45, 2.75) is 19.9 Å². The normalized spacial score (nSPS) is 27.9. The van der Waals surface area contributed by atoms with Gasteiger partial charge in [-0.05, 0) is 5.92 Å². The van der Waals surface area contributed by atoms with Gasteiger partial charge < -0.3 is 10.1 Å². The van der Waals surface area contributed by atoms with Gasteiger partial charge >= 0.3 is 0 Å². The van der Waals surface area contributed by atoms with Crippen molar-refractivity contribution in [2.75, 3.05) is 51.2 Å². The predicted octanol–water partition coefficient (Wildman–Crippen LogP) is 0.923. The van der Waals surface area contributed by atoms with Crippen molar-refractivity contribution in [3.63, 3.8) is 0 Å². The Morgan fingerprint density at radius 3 is 2.76 bits per heavy atom. The van der Waals surface area contributed by atoms with E-state index in [-0.39, 0.29) is 0 Å². The molecule has 2 bridgehead atoms. The summed E-state index contributed by atoms with van der Waals surface area (Å²) in [6.45, 7) is 11.8. The van der Waals surface area contributed by atoms with Crippen LogP contribution in [0, 0.1) is 5.92 Å². The van der Waals surface area contributed by atoms with Crippen LogP contribution in [0.1, 0.15) is 13.8 Å². The summed E-state index contributed by atoms with van der Waals surface area (Å²) in [5, 5.41) is 3.41. The van der Waals surface area contributed by atoms with E-state index in [1.807, 2.05) is 0 Å². The average Bonchev–Trinajstić information content (AvgIpc) is 2.52. The molecule has 1 aromatic heterocycles. The van der Waals surface area contributed by atoms with Crippen LogP contribution in [0.4, 0.5) is 5.82 Å². The molecule has 6 heteroatoms. The van der Waals surface area contributed by atoms with Gasteiger partial charge in [0.25, 0.3) is 0 Å². The van der Waals surface area contributed by atoms with Gasteiger partial charge in [0.1, 0.15) is 5.82 Å². The first-order chi connectivity index (χ1) is 10.2. The monoisotopic (exact) mass is 291 g/mol. The second-order valence-corrected chi connectivity index (χ2v) is 6.32. The molecule has 3 aliphatic heterocycles. The maximum absolute atomic E-state index is 5.62. The van der Waals surface area contributed by atoms with Crippen molar-refractivity contribution in [2.24, 2.45) is 5.92 Å². The van der Waals surface area contributed by atoms with Gasteiger partial charge in [-0.2, -0.15) is 4.98 Å². The van der Waals surface area contributed by atoms with Gasteiger partial charge in [0.05, 0.1) is 19.0 Å². The zero-order valence-corrected chi connectivity index (χ0v) is 13.0. The van der Waals surface area contributed by atoms with Crippen LogP contribution in [0.25, 0.3) is 0 Å². The Hall–Kier alpha value is -1.40. The highest BCUT2D eigenvalue weighted by Crippen LogP contribution is 2.16. The van der Waals surface area contributed by atoms with Crippen LogP contribution in [0.5, 0.6) is 5.88 Å². The molecule has 1 N–H and O–H groups in total. The predicted molar refractivity (Wildman–Crippen MR) is 82.7 cm³/mol. The van der Waals surface area contributed by atoms with E-state index in [0.717, 1.165) is 18.9 Å². The number of hydrogen-bond donors (Lipinski definition) is 1. The van der Waals surface area contributed by atoms with Crippen LogP contribution in [-0.4, -0.2) is 71.7 Å². The number of rotatable bonds is 6. The summed E-state index contributed by atoms with van der Waals surface area (Å²) in [4.78, 5) is 13.8. The number of aromatic nitrogens is 2. The van der Waals surface area contributed by atoms with Crippen LogP contribution in [0.3, 0.4) is 0 Å². The molecule has 1 unspecified atom stereocenters. The molecule has 1 atom stereocenters. The summed E-state index contributed by atoms with van der Waals surface area (Å²) >= 11 is 0.